The van der Waals surface area contributed by atoms with Crippen LogP contribution in [0.1, 0.15) is 25.1 Å². The molecule has 0 atom stereocenters. The molecule has 29 heavy (non-hydrogen) atoms. The molecule has 0 N–H and O–H groups in total. The minimum atomic E-state index is -0.226. The van der Waals surface area contributed by atoms with Gasteiger partial charge in [0, 0.05) is 26.4 Å². The number of fused-ring (bicyclic) bond motifs is 6. The summed E-state index contributed by atoms with van der Waals surface area (Å²) >= 11 is 1.79. The number of benzene rings is 3. The summed E-state index contributed by atoms with van der Waals surface area (Å²) in [6.45, 7) is 8.76. The van der Waals surface area contributed by atoms with E-state index in [1.807, 2.05) is 12.1 Å². The first kappa shape index (κ1) is 18.4. The standard InChI is InChI=1S/C26H23O2S/c1-4-26(2,3)27-16-19-15-21-20-11-7-8-12-23(20)28-24-14-18-10-6-5-9-17(18)13-22(24)25(21)29-19/h5-15H,1,4,16H2,2-3H3. The van der Waals surface area contributed by atoms with Crippen molar-refractivity contribution in [3.05, 3.63) is 78.5 Å². The molecule has 1 radical (unpaired) electrons. The van der Waals surface area contributed by atoms with Crippen molar-refractivity contribution in [2.45, 2.75) is 32.5 Å². The van der Waals surface area contributed by atoms with E-state index in [2.05, 4.69) is 75.4 Å². The summed E-state index contributed by atoms with van der Waals surface area (Å²) in [6, 6.07) is 23.4. The Morgan fingerprint density at radius 2 is 1.59 bits per heavy atom. The number of hydrogen-bond acceptors (Lipinski definition) is 3. The molecule has 2 nitrogen and oxygen atoms in total. The third-order valence-corrected chi connectivity index (χ3v) is 6.62. The van der Waals surface area contributed by atoms with Crippen molar-refractivity contribution in [1.82, 2.24) is 0 Å². The number of rotatable bonds is 4. The molecule has 1 aromatic heterocycles. The molecule has 0 saturated heterocycles. The molecule has 145 valence electrons. The van der Waals surface area contributed by atoms with Gasteiger partial charge in [-0.05, 0) is 55.3 Å². The summed E-state index contributed by atoms with van der Waals surface area (Å²) in [7, 11) is 0. The highest BCUT2D eigenvalue weighted by Crippen LogP contribution is 2.51. The van der Waals surface area contributed by atoms with Crippen LogP contribution in [-0.4, -0.2) is 5.60 Å². The van der Waals surface area contributed by atoms with E-state index in [4.69, 9.17) is 9.47 Å². The molecule has 5 rings (SSSR count). The highest BCUT2D eigenvalue weighted by atomic mass is 32.1. The molecule has 0 aliphatic carbocycles. The van der Waals surface area contributed by atoms with Gasteiger partial charge in [0.05, 0.1) is 12.2 Å². The van der Waals surface area contributed by atoms with Gasteiger partial charge >= 0.3 is 0 Å². The smallest absolute Gasteiger partial charge is 0.136 e. The Morgan fingerprint density at radius 3 is 2.38 bits per heavy atom. The highest BCUT2D eigenvalue weighted by Gasteiger charge is 2.24. The SMILES string of the molecule is [CH2]CC(C)(C)OCc1cc2c(s1)-c1cc3ccccc3cc1Oc1ccccc1-2. The van der Waals surface area contributed by atoms with Crippen molar-refractivity contribution in [3.63, 3.8) is 0 Å². The molecule has 0 amide bonds. The van der Waals surface area contributed by atoms with E-state index in [0.29, 0.717) is 6.61 Å². The fraction of sp³-hybridized carbons (Fsp3) is 0.192. The van der Waals surface area contributed by atoms with Gasteiger partial charge in [-0.15, -0.1) is 11.3 Å². The zero-order valence-corrected chi connectivity index (χ0v) is 17.5. The van der Waals surface area contributed by atoms with Gasteiger partial charge in [0.25, 0.3) is 0 Å². The molecule has 0 saturated carbocycles. The van der Waals surface area contributed by atoms with Gasteiger partial charge < -0.3 is 9.47 Å². The minimum absolute atomic E-state index is 0.226. The second-order valence-corrected chi connectivity index (χ2v) is 9.18. The molecule has 0 spiro atoms. The molecule has 3 heteroatoms. The van der Waals surface area contributed by atoms with E-state index in [0.717, 1.165) is 29.0 Å². The number of ether oxygens (including phenoxy) is 2. The van der Waals surface area contributed by atoms with E-state index in [1.54, 1.807) is 11.3 Å². The van der Waals surface area contributed by atoms with Crippen LogP contribution in [0.25, 0.3) is 32.3 Å². The van der Waals surface area contributed by atoms with Crippen molar-refractivity contribution in [1.29, 1.82) is 0 Å². The predicted molar refractivity (Wildman–Crippen MR) is 122 cm³/mol. The van der Waals surface area contributed by atoms with Crippen LogP contribution in [0.15, 0.2) is 66.7 Å². The first-order valence-electron chi connectivity index (χ1n) is 9.90. The van der Waals surface area contributed by atoms with Crippen molar-refractivity contribution < 1.29 is 9.47 Å². The lowest BCUT2D eigenvalue weighted by Crippen LogP contribution is -2.22. The fourth-order valence-corrected chi connectivity index (χ4v) is 4.74. The average molecular weight is 400 g/mol. The van der Waals surface area contributed by atoms with Crippen LogP contribution in [0.5, 0.6) is 11.5 Å². The van der Waals surface area contributed by atoms with Crippen LogP contribution in [-0.2, 0) is 11.3 Å². The molecule has 4 aromatic rings. The van der Waals surface area contributed by atoms with Crippen molar-refractivity contribution in [3.8, 4) is 33.1 Å². The fourth-order valence-electron chi connectivity index (χ4n) is 3.63. The predicted octanol–water partition coefficient (Wildman–Crippen LogP) is 7.86. The zero-order valence-electron chi connectivity index (χ0n) is 16.7. The van der Waals surface area contributed by atoms with Crippen molar-refractivity contribution in [2.24, 2.45) is 0 Å². The molecule has 0 unspecified atom stereocenters. The van der Waals surface area contributed by atoms with Crippen LogP contribution in [0.3, 0.4) is 0 Å². The summed E-state index contributed by atoms with van der Waals surface area (Å²) in [5.41, 5.74) is 3.26. The van der Waals surface area contributed by atoms with Crippen LogP contribution < -0.4 is 4.74 Å². The Hall–Kier alpha value is -2.62. The maximum Gasteiger partial charge on any atom is 0.136 e. The van der Waals surface area contributed by atoms with Crippen LogP contribution >= 0.6 is 11.3 Å². The minimum Gasteiger partial charge on any atom is -0.456 e. The largest absolute Gasteiger partial charge is 0.456 e. The number of thiophene rings is 1. The first-order valence-corrected chi connectivity index (χ1v) is 10.7. The highest BCUT2D eigenvalue weighted by molar-refractivity contribution is 7.16. The summed E-state index contributed by atoms with van der Waals surface area (Å²) in [6.07, 6.45) is 0.740. The van der Waals surface area contributed by atoms with Gasteiger partial charge in [0.2, 0.25) is 0 Å². The summed E-state index contributed by atoms with van der Waals surface area (Å²) in [4.78, 5) is 2.45. The molecular weight excluding hydrogens is 376 g/mol. The van der Waals surface area contributed by atoms with Crippen LogP contribution in [0, 0.1) is 6.92 Å². The van der Waals surface area contributed by atoms with Gasteiger partial charge in [-0.2, -0.15) is 0 Å². The van der Waals surface area contributed by atoms with Gasteiger partial charge in [0.15, 0.2) is 0 Å². The van der Waals surface area contributed by atoms with E-state index in [9.17, 15) is 0 Å². The first-order chi connectivity index (χ1) is 14.0. The third-order valence-electron chi connectivity index (χ3n) is 5.48. The van der Waals surface area contributed by atoms with Crippen molar-refractivity contribution in [2.75, 3.05) is 0 Å². The lowest BCUT2D eigenvalue weighted by molar-refractivity contribution is -0.0260. The lowest BCUT2D eigenvalue weighted by Gasteiger charge is -2.22. The molecule has 0 bridgehead atoms. The van der Waals surface area contributed by atoms with E-state index in [1.165, 1.54) is 26.1 Å². The second-order valence-electron chi connectivity index (χ2n) is 8.05. The Kier molecular flexibility index (Phi) is 4.45. The Bertz CT molecular complexity index is 1200. The molecular formula is C26H23O2S. The van der Waals surface area contributed by atoms with Gasteiger partial charge in [-0.1, -0.05) is 49.4 Å². The number of para-hydroxylation sites is 1. The van der Waals surface area contributed by atoms with Crippen LogP contribution in [0.4, 0.5) is 0 Å². The molecule has 2 heterocycles. The molecule has 0 fully saturated rings. The summed E-state index contributed by atoms with van der Waals surface area (Å²) < 4.78 is 12.5. The monoisotopic (exact) mass is 399 g/mol. The topological polar surface area (TPSA) is 18.5 Å². The van der Waals surface area contributed by atoms with E-state index < -0.39 is 0 Å². The maximum absolute atomic E-state index is 6.39. The van der Waals surface area contributed by atoms with Crippen molar-refractivity contribution >= 4 is 22.1 Å². The average Bonchev–Trinajstić information content (AvgIpc) is 3.11. The summed E-state index contributed by atoms with van der Waals surface area (Å²) in [5, 5.41) is 2.40. The molecule has 1 aliphatic heterocycles. The second kappa shape index (κ2) is 7.01. The van der Waals surface area contributed by atoms with Gasteiger partial charge in [0.1, 0.15) is 11.5 Å². The zero-order chi connectivity index (χ0) is 20.0. The number of hydrogen-bond donors (Lipinski definition) is 0. The normalized spacial score (nSPS) is 12.7. The van der Waals surface area contributed by atoms with E-state index in [-0.39, 0.29) is 5.60 Å². The Labute approximate surface area is 175 Å². The van der Waals surface area contributed by atoms with E-state index >= 15 is 0 Å². The Balaban J connectivity index is 1.68. The summed E-state index contributed by atoms with van der Waals surface area (Å²) in [5.74, 6) is 1.80. The quantitative estimate of drug-likeness (QED) is 0.306. The third kappa shape index (κ3) is 3.35. The van der Waals surface area contributed by atoms with Gasteiger partial charge in [-0.25, -0.2) is 0 Å². The Morgan fingerprint density at radius 1 is 0.862 bits per heavy atom. The van der Waals surface area contributed by atoms with Crippen LogP contribution in [0.2, 0.25) is 0 Å². The molecule has 1 aliphatic rings. The maximum atomic E-state index is 6.39. The van der Waals surface area contributed by atoms with Gasteiger partial charge in [-0.3, -0.25) is 0 Å². The lowest BCUT2D eigenvalue weighted by atomic mass is 10.00. The molecule has 3 aromatic carbocycles.